The second-order valence-electron chi connectivity index (χ2n) is 7.00. The molecule has 32 heavy (non-hydrogen) atoms. The van der Waals surface area contributed by atoms with E-state index in [1.165, 1.54) is 13.2 Å². The third-order valence-corrected chi connectivity index (χ3v) is 5.17. The largest absolute Gasteiger partial charge is 0.490 e. The molecular formula is C23H23BrN2O6. The van der Waals surface area contributed by atoms with Crippen molar-refractivity contribution in [1.82, 2.24) is 10.2 Å². The lowest BCUT2D eigenvalue weighted by Gasteiger charge is -2.15. The molecule has 0 spiro atoms. The maximum absolute atomic E-state index is 12.5. The zero-order chi connectivity index (χ0) is 23.3. The zero-order valence-electron chi connectivity index (χ0n) is 17.9. The average Bonchev–Trinajstić information content (AvgIpc) is 3.00. The molecule has 0 bridgehead atoms. The van der Waals surface area contributed by atoms with Gasteiger partial charge in [0.05, 0.1) is 18.2 Å². The molecule has 1 heterocycles. The predicted molar refractivity (Wildman–Crippen MR) is 121 cm³/mol. The molecule has 1 saturated heterocycles. The Morgan fingerprint density at radius 3 is 2.66 bits per heavy atom. The molecule has 1 aliphatic rings. The lowest BCUT2D eigenvalue weighted by atomic mass is 10.1. The number of halogens is 1. The summed E-state index contributed by atoms with van der Waals surface area (Å²) in [6.45, 7) is 4.18. The van der Waals surface area contributed by atoms with Crippen LogP contribution in [0.5, 0.6) is 11.5 Å². The van der Waals surface area contributed by atoms with E-state index in [0.717, 1.165) is 16.0 Å². The standard InChI is InChI=1S/C23H23BrN2O6/c1-4-31-19-11-16(10-18-22(28)26(23(29)25-18)12-20(27)30-3)9-17(24)21(19)32-13-15-7-5-6-14(2)8-15/h5-11H,4,12-13H2,1-3H3,(H,25,29)/b18-10+. The highest BCUT2D eigenvalue weighted by Gasteiger charge is 2.35. The highest BCUT2D eigenvalue weighted by molar-refractivity contribution is 9.10. The van der Waals surface area contributed by atoms with Crippen LogP contribution in [0.4, 0.5) is 4.79 Å². The Hall–Kier alpha value is -3.33. The first-order valence-electron chi connectivity index (χ1n) is 9.88. The van der Waals surface area contributed by atoms with E-state index in [-0.39, 0.29) is 5.70 Å². The number of hydrogen-bond donors (Lipinski definition) is 1. The maximum Gasteiger partial charge on any atom is 0.329 e. The van der Waals surface area contributed by atoms with Gasteiger partial charge in [-0.1, -0.05) is 29.8 Å². The van der Waals surface area contributed by atoms with Gasteiger partial charge in [0.1, 0.15) is 18.8 Å². The molecule has 2 aromatic carbocycles. The molecule has 1 aliphatic heterocycles. The van der Waals surface area contributed by atoms with E-state index in [1.54, 1.807) is 12.1 Å². The first kappa shape index (κ1) is 23.3. The Bertz CT molecular complexity index is 1080. The monoisotopic (exact) mass is 502 g/mol. The number of nitrogens with one attached hydrogen (secondary N) is 1. The molecule has 0 radical (unpaired) electrons. The van der Waals surface area contributed by atoms with Gasteiger partial charge in [0.2, 0.25) is 0 Å². The SMILES string of the molecule is CCOc1cc(/C=C2/NC(=O)N(CC(=O)OC)C2=O)cc(Br)c1OCc1cccc(C)c1. The molecule has 1 fully saturated rings. The summed E-state index contributed by atoms with van der Waals surface area (Å²) in [5.74, 6) is -0.283. The van der Waals surface area contributed by atoms with Crippen molar-refractivity contribution in [3.05, 3.63) is 63.3 Å². The van der Waals surface area contributed by atoms with Crippen molar-refractivity contribution in [3.63, 3.8) is 0 Å². The van der Waals surface area contributed by atoms with Crippen molar-refractivity contribution in [2.75, 3.05) is 20.3 Å². The Kier molecular flexibility index (Phi) is 7.53. The van der Waals surface area contributed by atoms with Crippen LogP contribution in [0.25, 0.3) is 6.08 Å². The summed E-state index contributed by atoms with van der Waals surface area (Å²) in [5, 5.41) is 2.47. The van der Waals surface area contributed by atoms with E-state index in [2.05, 4.69) is 26.0 Å². The Morgan fingerprint density at radius 1 is 1.19 bits per heavy atom. The number of hydrogen-bond acceptors (Lipinski definition) is 6. The predicted octanol–water partition coefficient (Wildman–Crippen LogP) is 3.80. The molecule has 3 amide bonds. The second-order valence-corrected chi connectivity index (χ2v) is 7.85. The summed E-state index contributed by atoms with van der Waals surface area (Å²) in [5.41, 5.74) is 2.81. The minimum absolute atomic E-state index is 0.0432. The van der Waals surface area contributed by atoms with Crippen LogP contribution >= 0.6 is 15.9 Å². The van der Waals surface area contributed by atoms with E-state index in [9.17, 15) is 14.4 Å². The van der Waals surface area contributed by atoms with Gasteiger partial charge >= 0.3 is 12.0 Å². The summed E-state index contributed by atoms with van der Waals surface area (Å²) in [4.78, 5) is 36.8. The lowest BCUT2D eigenvalue weighted by molar-refractivity contribution is -0.143. The van der Waals surface area contributed by atoms with Crippen LogP contribution in [0.2, 0.25) is 0 Å². The number of benzene rings is 2. The summed E-state index contributed by atoms with van der Waals surface area (Å²) in [7, 11) is 1.19. The van der Waals surface area contributed by atoms with Crippen LogP contribution < -0.4 is 14.8 Å². The van der Waals surface area contributed by atoms with E-state index in [0.29, 0.717) is 34.7 Å². The van der Waals surface area contributed by atoms with E-state index < -0.39 is 24.5 Å². The third kappa shape index (κ3) is 5.47. The van der Waals surface area contributed by atoms with Gasteiger partial charge in [-0.3, -0.25) is 9.59 Å². The topological polar surface area (TPSA) is 94.2 Å². The summed E-state index contributed by atoms with van der Waals surface area (Å²) < 4.78 is 16.9. The number of amides is 3. The molecule has 8 nitrogen and oxygen atoms in total. The number of esters is 1. The quantitative estimate of drug-likeness (QED) is 0.335. The van der Waals surface area contributed by atoms with E-state index in [1.807, 2.05) is 38.1 Å². The van der Waals surface area contributed by atoms with Crippen LogP contribution in [-0.2, 0) is 20.9 Å². The first-order chi connectivity index (χ1) is 15.3. The number of urea groups is 1. The molecule has 2 aromatic rings. The molecular weight excluding hydrogens is 480 g/mol. The van der Waals surface area contributed by atoms with Crippen LogP contribution in [0.15, 0.2) is 46.6 Å². The fourth-order valence-electron chi connectivity index (χ4n) is 3.11. The van der Waals surface area contributed by atoms with E-state index in [4.69, 9.17) is 9.47 Å². The smallest absolute Gasteiger partial charge is 0.329 e. The number of aryl methyl sites for hydroxylation is 1. The number of carbonyl (C=O) groups is 3. The molecule has 0 unspecified atom stereocenters. The molecule has 0 atom stereocenters. The van der Waals surface area contributed by atoms with Crippen molar-refractivity contribution < 1.29 is 28.6 Å². The van der Waals surface area contributed by atoms with Crippen molar-refractivity contribution in [2.45, 2.75) is 20.5 Å². The Labute approximate surface area is 194 Å². The van der Waals surface area contributed by atoms with Crippen LogP contribution in [0.1, 0.15) is 23.6 Å². The average molecular weight is 503 g/mol. The summed E-state index contributed by atoms with van der Waals surface area (Å²) in [6.07, 6.45) is 1.51. The second kappa shape index (κ2) is 10.3. The molecule has 9 heteroatoms. The fraction of sp³-hybridized carbons (Fsp3) is 0.261. The van der Waals surface area contributed by atoms with Crippen molar-refractivity contribution in [1.29, 1.82) is 0 Å². The van der Waals surface area contributed by atoms with Crippen LogP contribution in [0.3, 0.4) is 0 Å². The summed E-state index contributed by atoms with van der Waals surface area (Å²) >= 11 is 3.51. The van der Waals surface area contributed by atoms with Gasteiger partial charge < -0.3 is 19.5 Å². The van der Waals surface area contributed by atoms with Crippen LogP contribution in [-0.4, -0.2) is 43.1 Å². The van der Waals surface area contributed by atoms with Gasteiger partial charge in [-0.2, -0.15) is 0 Å². The third-order valence-electron chi connectivity index (χ3n) is 4.59. The molecule has 168 valence electrons. The fourth-order valence-corrected chi connectivity index (χ4v) is 3.68. The molecule has 1 N–H and O–H groups in total. The number of rotatable bonds is 8. The molecule has 3 rings (SSSR count). The van der Waals surface area contributed by atoms with Crippen molar-refractivity contribution in [2.24, 2.45) is 0 Å². The molecule has 0 aliphatic carbocycles. The Balaban J connectivity index is 1.84. The number of imide groups is 1. The van der Waals surface area contributed by atoms with Gasteiger partial charge in [0.15, 0.2) is 11.5 Å². The van der Waals surface area contributed by atoms with Crippen molar-refractivity contribution in [3.8, 4) is 11.5 Å². The number of carbonyl (C=O) groups excluding carboxylic acids is 3. The molecule has 0 aromatic heterocycles. The highest BCUT2D eigenvalue weighted by Crippen LogP contribution is 2.38. The number of ether oxygens (including phenoxy) is 3. The molecule has 0 saturated carbocycles. The summed E-state index contributed by atoms with van der Waals surface area (Å²) in [6, 6.07) is 10.8. The maximum atomic E-state index is 12.5. The van der Waals surface area contributed by atoms with Gasteiger partial charge in [-0.05, 0) is 59.1 Å². The number of methoxy groups -OCH3 is 1. The minimum atomic E-state index is -0.689. The van der Waals surface area contributed by atoms with Gasteiger partial charge in [0.25, 0.3) is 5.91 Å². The lowest BCUT2D eigenvalue weighted by Crippen LogP contribution is -2.36. The van der Waals surface area contributed by atoms with Crippen LogP contribution in [0, 0.1) is 6.92 Å². The Morgan fingerprint density at radius 2 is 1.97 bits per heavy atom. The van der Waals surface area contributed by atoms with E-state index >= 15 is 0 Å². The number of nitrogens with zero attached hydrogens (tertiary/aromatic N) is 1. The van der Waals surface area contributed by atoms with Gasteiger partial charge in [0, 0.05) is 0 Å². The van der Waals surface area contributed by atoms with Crippen molar-refractivity contribution >= 4 is 39.9 Å². The normalized spacial score (nSPS) is 14.5. The van der Waals surface area contributed by atoms with Gasteiger partial charge in [-0.15, -0.1) is 0 Å². The van der Waals surface area contributed by atoms with Gasteiger partial charge in [-0.25, -0.2) is 9.69 Å². The first-order valence-corrected chi connectivity index (χ1v) is 10.7. The zero-order valence-corrected chi connectivity index (χ0v) is 19.5. The highest BCUT2D eigenvalue weighted by atomic mass is 79.9. The minimum Gasteiger partial charge on any atom is -0.490 e.